The van der Waals surface area contributed by atoms with Crippen molar-refractivity contribution in [1.82, 2.24) is 3.97 Å². The number of aryl methyl sites for hydroxylation is 1. The van der Waals surface area contributed by atoms with Gasteiger partial charge >= 0.3 is 0 Å². The average Bonchev–Trinajstić information content (AvgIpc) is 2.96. The van der Waals surface area contributed by atoms with Gasteiger partial charge in [-0.3, -0.25) is 0 Å². The molecule has 1 fully saturated rings. The second-order valence-electron chi connectivity index (χ2n) is 6.75. The van der Waals surface area contributed by atoms with Crippen molar-refractivity contribution < 1.29 is 8.42 Å². The summed E-state index contributed by atoms with van der Waals surface area (Å²) >= 11 is 0. The van der Waals surface area contributed by atoms with Gasteiger partial charge in [0.15, 0.2) is 0 Å². The minimum Gasteiger partial charge on any atom is -0.248 e. The minimum atomic E-state index is -3.50. The highest BCUT2D eigenvalue weighted by molar-refractivity contribution is 7.90. The number of aromatic nitrogens is 1. The SMILES string of the molecule is Cc1ccc(S(=O)(=O)n2cc3c(c2)CC2CCCCC2=C3)cc1. The number of nitrogens with zero attached hydrogens (tertiary/aromatic N) is 1. The van der Waals surface area contributed by atoms with Crippen molar-refractivity contribution in [2.24, 2.45) is 5.92 Å². The molecule has 0 radical (unpaired) electrons. The van der Waals surface area contributed by atoms with Crippen LogP contribution < -0.4 is 0 Å². The van der Waals surface area contributed by atoms with Gasteiger partial charge in [0.05, 0.1) is 4.90 Å². The molecule has 0 amide bonds. The van der Waals surface area contributed by atoms with E-state index in [0.717, 1.165) is 23.1 Å². The number of rotatable bonds is 2. The molecule has 23 heavy (non-hydrogen) atoms. The van der Waals surface area contributed by atoms with Gasteiger partial charge in [-0.2, -0.15) is 0 Å². The fourth-order valence-electron chi connectivity index (χ4n) is 3.75. The zero-order valence-corrected chi connectivity index (χ0v) is 14.1. The van der Waals surface area contributed by atoms with Crippen LogP contribution in [0.25, 0.3) is 6.08 Å². The highest BCUT2D eigenvalue weighted by atomic mass is 32.2. The van der Waals surface area contributed by atoms with E-state index in [2.05, 4.69) is 6.08 Å². The van der Waals surface area contributed by atoms with Crippen molar-refractivity contribution >= 4 is 16.1 Å². The largest absolute Gasteiger partial charge is 0.267 e. The summed E-state index contributed by atoms with van der Waals surface area (Å²) < 4.78 is 27.0. The summed E-state index contributed by atoms with van der Waals surface area (Å²) in [6.45, 7) is 1.96. The van der Waals surface area contributed by atoms with Crippen molar-refractivity contribution in [3.8, 4) is 0 Å². The number of benzene rings is 1. The van der Waals surface area contributed by atoms with E-state index in [9.17, 15) is 8.42 Å². The zero-order valence-electron chi connectivity index (χ0n) is 13.3. The van der Waals surface area contributed by atoms with Gasteiger partial charge in [-0.05, 0) is 61.8 Å². The zero-order chi connectivity index (χ0) is 16.0. The lowest BCUT2D eigenvalue weighted by atomic mass is 9.76. The van der Waals surface area contributed by atoms with Crippen LogP contribution in [-0.4, -0.2) is 12.4 Å². The third-order valence-electron chi connectivity index (χ3n) is 5.12. The Morgan fingerprint density at radius 2 is 1.87 bits per heavy atom. The number of allylic oxidation sites excluding steroid dienone is 1. The first-order valence-electron chi connectivity index (χ1n) is 8.27. The average molecular weight is 327 g/mol. The summed E-state index contributed by atoms with van der Waals surface area (Å²) in [5, 5.41) is 0. The van der Waals surface area contributed by atoms with Gasteiger partial charge in [-0.1, -0.05) is 35.8 Å². The molecule has 0 N–H and O–H groups in total. The highest BCUT2D eigenvalue weighted by Gasteiger charge is 2.27. The molecule has 0 spiro atoms. The molecule has 0 aliphatic heterocycles. The smallest absolute Gasteiger partial charge is 0.248 e. The first-order valence-corrected chi connectivity index (χ1v) is 9.71. The van der Waals surface area contributed by atoms with E-state index >= 15 is 0 Å². The molecule has 4 rings (SSSR count). The quantitative estimate of drug-likeness (QED) is 0.830. The van der Waals surface area contributed by atoms with E-state index in [4.69, 9.17) is 0 Å². The van der Waals surface area contributed by atoms with E-state index in [1.54, 1.807) is 18.3 Å². The molecule has 1 aromatic heterocycles. The van der Waals surface area contributed by atoms with Crippen molar-refractivity contribution in [2.45, 2.75) is 43.9 Å². The summed E-state index contributed by atoms with van der Waals surface area (Å²) in [5.74, 6) is 0.620. The van der Waals surface area contributed by atoms with Gasteiger partial charge in [0, 0.05) is 12.4 Å². The maximum Gasteiger partial charge on any atom is 0.267 e. The van der Waals surface area contributed by atoms with Crippen molar-refractivity contribution in [2.75, 3.05) is 0 Å². The molecule has 1 unspecified atom stereocenters. The number of hydrogen-bond donors (Lipinski definition) is 0. The molecule has 120 valence electrons. The topological polar surface area (TPSA) is 39.1 Å². The van der Waals surface area contributed by atoms with Crippen LogP contribution in [0.2, 0.25) is 0 Å². The minimum absolute atomic E-state index is 0.348. The van der Waals surface area contributed by atoms with Crippen LogP contribution >= 0.6 is 0 Å². The molecule has 4 heteroatoms. The summed E-state index contributed by atoms with van der Waals surface area (Å²) in [6, 6.07) is 7.05. The molecule has 1 heterocycles. The maximum atomic E-state index is 12.8. The number of hydrogen-bond acceptors (Lipinski definition) is 2. The lowest BCUT2D eigenvalue weighted by molar-refractivity contribution is 0.450. The van der Waals surface area contributed by atoms with E-state index in [0.29, 0.717) is 10.8 Å². The van der Waals surface area contributed by atoms with Gasteiger partial charge in [0.1, 0.15) is 0 Å². The van der Waals surface area contributed by atoms with Crippen LogP contribution in [0, 0.1) is 12.8 Å². The first kappa shape index (κ1) is 14.8. The lowest BCUT2D eigenvalue weighted by Gasteiger charge is -2.28. The fraction of sp³-hybridized carbons (Fsp3) is 0.368. The molecule has 3 nitrogen and oxygen atoms in total. The molecule has 1 saturated carbocycles. The lowest BCUT2D eigenvalue weighted by Crippen LogP contribution is -2.15. The maximum absolute atomic E-state index is 12.8. The monoisotopic (exact) mass is 327 g/mol. The standard InChI is InChI=1S/C19H21NO2S/c1-14-6-8-19(9-7-14)23(21,22)20-12-17-10-15-4-2-3-5-16(15)11-18(17)13-20/h6-10,12-13,16H,2-5,11H2,1H3. The van der Waals surface area contributed by atoms with Crippen molar-refractivity contribution in [3.63, 3.8) is 0 Å². The summed E-state index contributed by atoms with van der Waals surface area (Å²) in [7, 11) is -3.50. The van der Waals surface area contributed by atoms with Gasteiger partial charge in [0.2, 0.25) is 0 Å². The summed E-state index contributed by atoms with van der Waals surface area (Å²) in [5.41, 5.74) is 4.81. The first-order chi connectivity index (χ1) is 11.0. The third kappa shape index (κ3) is 2.55. The van der Waals surface area contributed by atoms with Gasteiger partial charge in [0.25, 0.3) is 10.0 Å². The molecule has 2 aliphatic carbocycles. The molecular weight excluding hydrogens is 306 g/mol. The predicted molar refractivity (Wildman–Crippen MR) is 91.8 cm³/mol. The molecule has 1 atom stereocenters. The second kappa shape index (κ2) is 5.38. The van der Waals surface area contributed by atoms with E-state index in [-0.39, 0.29) is 0 Å². The van der Waals surface area contributed by atoms with Crippen LogP contribution in [0.4, 0.5) is 0 Å². The van der Waals surface area contributed by atoms with Crippen LogP contribution in [0.15, 0.2) is 47.1 Å². The molecule has 0 saturated heterocycles. The van der Waals surface area contributed by atoms with Crippen molar-refractivity contribution in [1.29, 1.82) is 0 Å². The fourth-order valence-corrected chi connectivity index (χ4v) is 5.00. The Bertz CT molecular complexity index is 873. The summed E-state index contributed by atoms with van der Waals surface area (Å²) in [4.78, 5) is 0.348. The Labute approximate surface area is 137 Å². The van der Waals surface area contributed by atoms with Crippen LogP contribution in [0.3, 0.4) is 0 Å². The molecule has 2 aliphatic rings. The van der Waals surface area contributed by atoms with Gasteiger partial charge in [-0.15, -0.1) is 0 Å². The Balaban J connectivity index is 1.73. The Hall–Kier alpha value is -1.81. The van der Waals surface area contributed by atoms with E-state index in [1.165, 1.54) is 35.2 Å². The normalized spacial score (nSPS) is 20.6. The van der Waals surface area contributed by atoms with Crippen LogP contribution in [0.5, 0.6) is 0 Å². The Morgan fingerprint density at radius 1 is 1.09 bits per heavy atom. The highest BCUT2D eigenvalue weighted by Crippen LogP contribution is 2.38. The van der Waals surface area contributed by atoms with Crippen LogP contribution in [-0.2, 0) is 16.4 Å². The Kier molecular flexibility index (Phi) is 3.45. The van der Waals surface area contributed by atoms with Crippen LogP contribution in [0.1, 0.15) is 42.4 Å². The predicted octanol–water partition coefficient (Wildman–Crippen LogP) is 4.16. The Morgan fingerprint density at radius 3 is 2.65 bits per heavy atom. The number of fused-ring (bicyclic) bond motifs is 2. The van der Waals surface area contributed by atoms with E-state index < -0.39 is 10.0 Å². The molecule has 2 aromatic rings. The second-order valence-corrected chi connectivity index (χ2v) is 8.60. The molecule has 0 bridgehead atoms. The molecule has 1 aromatic carbocycles. The van der Waals surface area contributed by atoms with Gasteiger partial charge < -0.3 is 0 Å². The molecular formula is C19H21NO2S. The van der Waals surface area contributed by atoms with Gasteiger partial charge in [-0.25, -0.2) is 12.4 Å². The third-order valence-corrected chi connectivity index (χ3v) is 6.75. The summed E-state index contributed by atoms with van der Waals surface area (Å²) in [6.07, 6.45) is 11.8. The van der Waals surface area contributed by atoms with Crippen molar-refractivity contribution in [3.05, 3.63) is 58.9 Å². The van der Waals surface area contributed by atoms with E-state index in [1.807, 2.05) is 25.3 Å².